The van der Waals surface area contributed by atoms with Gasteiger partial charge >= 0.3 is 6.36 Å². The molecule has 1 aliphatic heterocycles. The Morgan fingerprint density at radius 1 is 1.25 bits per heavy atom. The van der Waals surface area contributed by atoms with Crippen LogP contribution in [-0.4, -0.2) is 13.7 Å². The van der Waals surface area contributed by atoms with Crippen molar-refractivity contribution in [1.82, 2.24) is 0 Å². The van der Waals surface area contributed by atoms with E-state index in [9.17, 15) is 17.6 Å². The van der Waals surface area contributed by atoms with Gasteiger partial charge in [0.1, 0.15) is 0 Å². The van der Waals surface area contributed by atoms with E-state index < -0.39 is 25.3 Å². The maximum absolute atomic E-state index is 13.6. The van der Waals surface area contributed by atoms with Gasteiger partial charge in [0.05, 0.1) is 0 Å². The molecule has 1 nitrogen and oxygen atoms in total. The van der Waals surface area contributed by atoms with Crippen molar-refractivity contribution in [2.45, 2.75) is 43.8 Å². The Labute approximate surface area is 120 Å². The number of hydrogen-bond acceptors (Lipinski definition) is 1. The minimum atomic E-state index is -4.88. The molecule has 0 atom stereocenters. The van der Waals surface area contributed by atoms with Crippen LogP contribution in [0.25, 0.3) is 0 Å². The predicted molar refractivity (Wildman–Crippen MR) is 72.1 cm³/mol. The number of rotatable bonds is 2. The van der Waals surface area contributed by atoms with Gasteiger partial charge in [-0.15, -0.1) is 13.2 Å². The number of ether oxygens (including phenoxy) is 1. The van der Waals surface area contributed by atoms with Gasteiger partial charge in [-0.1, -0.05) is 12.6 Å². The Morgan fingerprint density at radius 3 is 2.35 bits per heavy atom. The molecular formula is C13H15ClF4OSi. The zero-order valence-corrected chi connectivity index (χ0v) is 12.7. The van der Waals surface area contributed by atoms with Crippen LogP contribution in [0.4, 0.5) is 17.6 Å². The lowest BCUT2D eigenvalue weighted by atomic mass is 9.93. The molecule has 0 spiro atoms. The lowest BCUT2D eigenvalue weighted by Crippen LogP contribution is -2.27. The fourth-order valence-electron chi connectivity index (χ4n) is 2.53. The highest BCUT2D eigenvalue weighted by molar-refractivity contribution is 7.19. The summed E-state index contributed by atoms with van der Waals surface area (Å²) in [7, 11) is -1.62. The van der Waals surface area contributed by atoms with Crippen LogP contribution in [0.2, 0.25) is 18.6 Å². The van der Waals surface area contributed by atoms with Crippen LogP contribution in [0.15, 0.2) is 18.2 Å². The number of halogens is 5. The molecule has 0 aromatic heterocycles. The monoisotopic (exact) mass is 326 g/mol. The van der Waals surface area contributed by atoms with Crippen LogP contribution < -0.4 is 4.74 Å². The highest BCUT2D eigenvalue weighted by Gasteiger charge is 2.34. The maximum atomic E-state index is 13.6. The first-order valence-electron chi connectivity index (χ1n) is 6.40. The zero-order valence-electron chi connectivity index (χ0n) is 10.9. The molecule has 0 N–H and O–H groups in total. The first-order valence-corrected chi connectivity index (χ1v) is 10.3. The second-order valence-corrected chi connectivity index (χ2v) is 12.0. The highest BCUT2D eigenvalue weighted by Crippen LogP contribution is 2.41. The lowest BCUT2D eigenvalue weighted by Gasteiger charge is -2.30. The largest absolute Gasteiger partial charge is 0.573 e. The Balaban J connectivity index is 2.10. The van der Waals surface area contributed by atoms with Gasteiger partial charge in [0, 0.05) is 0 Å². The summed E-state index contributed by atoms with van der Waals surface area (Å²) in [6.45, 7) is 2.10. The molecule has 0 bridgehead atoms. The van der Waals surface area contributed by atoms with E-state index in [0.29, 0.717) is 0 Å². The van der Waals surface area contributed by atoms with Gasteiger partial charge in [-0.3, -0.25) is 0 Å². The molecule has 112 valence electrons. The molecule has 2 rings (SSSR count). The Morgan fingerprint density at radius 2 is 1.85 bits per heavy atom. The first-order chi connectivity index (χ1) is 9.16. The topological polar surface area (TPSA) is 9.23 Å². The second-order valence-electron chi connectivity index (χ2n) is 5.43. The number of benzene rings is 1. The van der Waals surface area contributed by atoms with Gasteiger partial charge < -0.3 is 4.74 Å². The molecule has 0 saturated carbocycles. The number of alkyl halides is 3. The van der Waals surface area contributed by atoms with Crippen molar-refractivity contribution in [2.24, 2.45) is 0 Å². The van der Waals surface area contributed by atoms with E-state index in [1.54, 1.807) is 0 Å². The Kier molecular flexibility index (Phi) is 4.34. The van der Waals surface area contributed by atoms with E-state index in [1.807, 2.05) is 0 Å². The smallest absolute Gasteiger partial charge is 0.403 e. The summed E-state index contributed by atoms with van der Waals surface area (Å²) in [6, 6.07) is 5.59. The third-order valence-electron chi connectivity index (χ3n) is 3.68. The van der Waals surface area contributed by atoms with E-state index >= 15 is 0 Å². The molecule has 0 aliphatic carbocycles. The fourth-order valence-corrected chi connectivity index (χ4v) is 5.34. The molecule has 7 heteroatoms. The van der Waals surface area contributed by atoms with Crippen LogP contribution >= 0.6 is 11.1 Å². The van der Waals surface area contributed by atoms with Gasteiger partial charge in [0.15, 0.2) is 19.0 Å². The summed E-state index contributed by atoms with van der Waals surface area (Å²) in [5.74, 6) is -1.59. The van der Waals surface area contributed by atoms with Gasteiger partial charge in [-0.2, -0.15) is 11.1 Å². The SMILES string of the molecule is C[Si]1(Cl)CCC(c2ccc(OC(F)(F)F)c(F)c2)CC1. The average Bonchev–Trinajstić information content (AvgIpc) is 2.30. The molecule has 0 unspecified atom stereocenters. The van der Waals surface area contributed by atoms with Gasteiger partial charge in [-0.05, 0) is 48.5 Å². The van der Waals surface area contributed by atoms with Crippen LogP contribution in [0, 0.1) is 5.82 Å². The normalized spacial score (nSPS) is 27.4. The number of hydrogen-bond donors (Lipinski definition) is 0. The predicted octanol–water partition coefficient (Wildman–Crippen LogP) is 5.42. The molecule has 0 radical (unpaired) electrons. The van der Waals surface area contributed by atoms with Crippen LogP contribution in [-0.2, 0) is 0 Å². The van der Waals surface area contributed by atoms with Crippen molar-refractivity contribution in [3.05, 3.63) is 29.6 Å². The zero-order chi connectivity index (χ0) is 15.0. The quantitative estimate of drug-likeness (QED) is 0.401. The summed E-state index contributed by atoms with van der Waals surface area (Å²) < 4.78 is 53.5. The van der Waals surface area contributed by atoms with E-state index in [4.69, 9.17) is 11.1 Å². The maximum Gasteiger partial charge on any atom is 0.573 e. The molecule has 20 heavy (non-hydrogen) atoms. The van der Waals surface area contributed by atoms with Crippen molar-refractivity contribution in [3.63, 3.8) is 0 Å². The molecule has 1 aromatic rings. The fraction of sp³-hybridized carbons (Fsp3) is 0.538. The van der Waals surface area contributed by atoms with Gasteiger partial charge in [0.2, 0.25) is 0 Å². The van der Waals surface area contributed by atoms with Crippen molar-refractivity contribution < 1.29 is 22.3 Å². The molecule has 1 saturated heterocycles. The molecule has 1 fully saturated rings. The first kappa shape index (κ1) is 15.6. The van der Waals surface area contributed by atoms with E-state index in [2.05, 4.69) is 11.3 Å². The lowest BCUT2D eigenvalue weighted by molar-refractivity contribution is -0.275. The van der Waals surface area contributed by atoms with Crippen LogP contribution in [0.5, 0.6) is 5.75 Å². The molecular weight excluding hydrogens is 312 g/mol. The minimum absolute atomic E-state index is 0.170. The summed E-state index contributed by atoms with van der Waals surface area (Å²) in [4.78, 5) is 0. The summed E-state index contributed by atoms with van der Waals surface area (Å²) in [5, 5.41) is 0. The second kappa shape index (κ2) is 5.56. The van der Waals surface area contributed by atoms with E-state index in [0.717, 1.165) is 42.6 Å². The van der Waals surface area contributed by atoms with Crippen molar-refractivity contribution in [3.8, 4) is 5.75 Å². The highest BCUT2D eigenvalue weighted by atomic mass is 35.6. The van der Waals surface area contributed by atoms with Crippen molar-refractivity contribution in [1.29, 1.82) is 0 Å². The molecule has 1 heterocycles. The molecule has 1 aliphatic rings. The third-order valence-corrected chi connectivity index (χ3v) is 7.48. The van der Waals surface area contributed by atoms with Gasteiger partial charge in [-0.25, -0.2) is 4.39 Å². The Hall–Kier alpha value is -0.753. The van der Waals surface area contributed by atoms with Crippen molar-refractivity contribution in [2.75, 3.05) is 0 Å². The Bertz CT molecular complexity index is 480. The molecule has 1 aromatic carbocycles. The van der Waals surface area contributed by atoms with Crippen LogP contribution in [0.1, 0.15) is 24.3 Å². The summed E-state index contributed by atoms with van der Waals surface area (Å²) in [5.41, 5.74) is 0.721. The minimum Gasteiger partial charge on any atom is -0.403 e. The molecule has 0 amide bonds. The standard InChI is InChI=1S/C13H15ClF4OSi/c1-20(14)6-4-9(5-7-20)10-2-3-12(11(15)8-10)19-13(16,17)18/h2-3,8-9H,4-7H2,1H3. The van der Waals surface area contributed by atoms with E-state index in [1.165, 1.54) is 6.07 Å². The summed E-state index contributed by atoms with van der Waals surface area (Å²) in [6.07, 6.45) is -3.14. The van der Waals surface area contributed by atoms with Crippen molar-refractivity contribution >= 4 is 18.5 Å². The average molecular weight is 327 g/mol. The third kappa shape index (κ3) is 4.12. The van der Waals surface area contributed by atoms with Gasteiger partial charge in [0.25, 0.3) is 0 Å². The summed E-state index contributed by atoms with van der Waals surface area (Å²) >= 11 is 6.37. The van der Waals surface area contributed by atoms with E-state index in [-0.39, 0.29) is 5.92 Å². The van der Waals surface area contributed by atoms with Crippen LogP contribution in [0.3, 0.4) is 0 Å².